The summed E-state index contributed by atoms with van der Waals surface area (Å²) < 4.78 is 5.67. The zero-order valence-corrected chi connectivity index (χ0v) is 16.7. The van der Waals surface area contributed by atoms with Gasteiger partial charge in [-0.15, -0.1) is 0 Å². The monoisotopic (exact) mass is 400 g/mol. The zero-order valence-electron chi connectivity index (χ0n) is 16.0. The molecule has 3 rings (SSSR count). The summed E-state index contributed by atoms with van der Waals surface area (Å²) >= 11 is 5.87. The molecule has 0 saturated carbocycles. The van der Waals surface area contributed by atoms with Crippen molar-refractivity contribution in [1.82, 2.24) is 4.90 Å². The molecule has 2 amide bonds. The Morgan fingerprint density at radius 3 is 2.32 bits per heavy atom. The largest absolute Gasteiger partial charge is 0.481 e. The van der Waals surface area contributed by atoms with Crippen LogP contribution in [0.3, 0.4) is 0 Å². The summed E-state index contributed by atoms with van der Waals surface area (Å²) in [5.74, 6) is 0.205. The van der Waals surface area contributed by atoms with Gasteiger partial charge in [0.05, 0.1) is 11.3 Å². The quantitative estimate of drug-likeness (QED) is 0.786. The number of likely N-dealkylation sites (tertiary alicyclic amines) is 1. The van der Waals surface area contributed by atoms with Crippen LogP contribution in [0.2, 0.25) is 5.02 Å². The summed E-state index contributed by atoms with van der Waals surface area (Å²) in [6, 6.07) is 14.0. The van der Waals surface area contributed by atoms with E-state index >= 15 is 0 Å². The molecular formula is C22H25ClN2O3. The van der Waals surface area contributed by atoms with Gasteiger partial charge in [-0.05, 0) is 56.2 Å². The molecule has 1 N–H and O–H groups in total. The molecule has 28 heavy (non-hydrogen) atoms. The second-order valence-electron chi connectivity index (χ2n) is 6.96. The van der Waals surface area contributed by atoms with Gasteiger partial charge in [0.2, 0.25) is 0 Å². The third kappa shape index (κ3) is 5.26. The maximum atomic E-state index is 13.0. The Bertz CT molecular complexity index is 815. The highest BCUT2D eigenvalue weighted by Crippen LogP contribution is 2.21. The van der Waals surface area contributed by atoms with E-state index in [2.05, 4.69) is 5.32 Å². The lowest BCUT2D eigenvalue weighted by Gasteiger charge is -2.22. The van der Waals surface area contributed by atoms with E-state index in [1.54, 1.807) is 49.4 Å². The van der Waals surface area contributed by atoms with Crippen LogP contribution in [0, 0.1) is 0 Å². The number of halogens is 1. The van der Waals surface area contributed by atoms with Gasteiger partial charge < -0.3 is 15.0 Å². The van der Waals surface area contributed by atoms with Gasteiger partial charge in [0.1, 0.15) is 5.75 Å². The maximum Gasteiger partial charge on any atom is 0.265 e. The van der Waals surface area contributed by atoms with Crippen molar-refractivity contribution < 1.29 is 14.3 Å². The van der Waals surface area contributed by atoms with Gasteiger partial charge >= 0.3 is 0 Å². The Kier molecular flexibility index (Phi) is 6.93. The molecule has 1 aliphatic heterocycles. The van der Waals surface area contributed by atoms with Crippen LogP contribution < -0.4 is 10.1 Å². The van der Waals surface area contributed by atoms with E-state index in [1.165, 1.54) is 0 Å². The van der Waals surface area contributed by atoms with E-state index in [-0.39, 0.29) is 11.8 Å². The maximum absolute atomic E-state index is 13.0. The first kappa shape index (κ1) is 20.2. The number of ether oxygens (including phenoxy) is 1. The first-order chi connectivity index (χ1) is 13.5. The first-order valence-electron chi connectivity index (χ1n) is 9.66. The van der Waals surface area contributed by atoms with Crippen LogP contribution in [0.4, 0.5) is 5.69 Å². The van der Waals surface area contributed by atoms with Crippen molar-refractivity contribution in [2.75, 3.05) is 18.4 Å². The van der Waals surface area contributed by atoms with Crippen molar-refractivity contribution in [3.63, 3.8) is 0 Å². The van der Waals surface area contributed by atoms with Crippen molar-refractivity contribution in [1.29, 1.82) is 0 Å². The number of para-hydroxylation sites is 1. The lowest BCUT2D eigenvalue weighted by molar-refractivity contribution is -0.122. The predicted molar refractivity (Wildman–Crippen MR) is 111 cm³/mol. The Morgan fingerprint density at radius 2 is 1.64 bits per heavy atom. The van der Waals surface area contributed by atoms with Gasteiger partial charge in [0.25, 0.3) is 11.8 Å². The summed E-state index contributed by atoms with van der Waals surface area (Å²) in [4.78, 5) is 27.5. The minimum Gasteiger partial charge on any atom is -0.481 e. The number of amides is 2. The van der Waals surface area contributed by atoms with Gasteiger partial charge in [-0.2, -0.15) is 0 Å². The number of nitrogens with one attached hydrogen (secondary N) is 1. The van der Waals surface area contributed by atoms with Gasteiger partial charge in [-0.25, -0.2) is 0 Å². The van der Waals surface area contributed by atoms with Crippen molar-refractivity contribution >= 4 is 29.1 Å². The summed E-state index contributed by atoms with van der Waals surface area (Å²) in [6.07, 6.45) is 3.63. The second-order valence-corrected chi connectivity index (χ2v) is 7.39. The Balaban J connectivity index is 1.68. The predicted octanol–water partition coefficient (Wildman–Crippen LogP) is 4.76. The number of hydrogen-bond acceptors (Lipinski definition) is 3. The Hall–Kier alpha value is -2.53. The van der Waals surface area contributed by atoms with Crippen molar-refractivity contribution in [3.8, 4) is 5.75 Å². The minimum absolute atomic E-state index is 0.0379. The number of nitrogens with zero attached hydrogens (tertiary/aromatic N) is 1. The van der Waals surface area contributed by atoms with Crippen LogP contribution in [-0.4, -0.2) is 35.9 Å². The molecule has 0 spiro atoms. The molecule has 5 nitrogen and oxygen atoms in total. The molecule has 1 unspecified atom stereocenters. The molecule has 1 heterocycles. The molecule has 2 aromatic rings. The second kappa shape index (κ2) is 9.60. The third-order valence-corrected chi connectivity index (χ3v) is 5.06. The first-order valence-corrected chi connectivity index (χ1v) is 10.0. The highest BCUT2D eigenvalue weighted by molar-refractivity contribution is 6.30. The summed E-state index contributed by atoms with van der Waals surface area (Å²) in [5.41, 5.74) is 1.02. The van der Waals surface area contributed by atoms with Crippen LogP contribution in [0.15, 0.2) is 48.5 Å². The molecule has 1 aliphatic rings. The van der Waals surface area contributed by atoms with Crippen LogP contribution in [-0.2, 0) is 4.79 Å². The summed E-state index contributed by atoms with van der Waals surface area (Å²) in [5, 5.41) is 3.44. The van der Waals surface area contributed by atoms with Crippen LogP contribution in [0.25, 0.3) is 0 Å². The van der Waals surface area contributed by atoms with Crippen LogP contribution in [0.1, 0.15) is 43.0 Å². The molecular weight excluding hydrogens is 376 g/mol. The third-order valence-electron chi connectivity index (χ3n) is 4.80. The van der Waals surface area contributed by atoms with Gasteiger partial charge in [0.15, 0.2) is 6.10 Å². The number of rotatable bonds is 5. The van der Waals surface area contributed by atoms with E-state index in [0.29, 0.717) is 22.0 Å². The van der Waals surface area contributed by atoms with Gasteiger partial charge in [-0.1, -0.05) is 36.6 Å². The molecule has 2 aromatic carbocycles. The zero-order chi connectivity index (χ0) is 19.9. The van der Waals surface area contributed by atoms with Crippen LogP contribution in [0.5, 0.6) is 5.75 Å². The molecule has 0 aromatic heterocycles. The number of carbonyl (C=O) groups is 2. The molecule has 1 atom stereocenters. The van der Waals surface area contributed by atoms with Gasteiger partial charge in [-0.3, -0.25) is 9.59 Å². The highest BCUT2D eigenvalue weighted by atomic mass is 35.5. The average molecular weight is 401 g/mol. The minimum atomic E-state index is -0.720. The standard InChI is InChI=1S/C22H25ClN2O3/c1-16(28-18-12-10-17(23)11-13-18)21(26)24-20-9-5-4-8-19(20)22(27)25-14-6-2-3-7-15-25/h4-5,8-13,16H,2-3,6-7,14-15H2,1H3,(H,24,26). The smallest absolute Gasteiger partial charge is 0.265 e. The van der Waals surface area contributed by atoms with Crippen molar-refractivity contribution in [2.45, 2.75) is 38.7 Å². The average Bonchev–Trinajstić information content (AvgIpc) is 2.99. The normalized spacial score (nSPS) is 15.4. The number of anilines is 1. The van der Waals surface area contributed by atoms with Crippen molar-refractivity contribution in [2.24, 2.45) is 0 Å². The van der Waals surface area contributed by atoms with Crippen molar-refractivity contribution in [3.05, 3.63) is 59.1 Å². The molecule has 1 saturated heterocycles. The van der Waals surface area contributed by atoms with E-state index in [0.717, 1.165) is 38.8 Å². The molecule has 1 fully saturated rings. The summed E-state index contributed by atoms with van der Waals surface area (Å²) in [6.45, 7) is 3.19. The SMILES string of the molecule is CC(Oc1ccc(Cl)cc1)C(=O)Nc1ccccc1C(=O)N1CCCCCC1. The fourth-order valence-corrected chi connectivity index (χ4v) is 3.35. The van der Waals surface area contributed by atoms with Gasteiger partial charge in [0, 0.05) is 18.1 Å². The van der Waals surface area contributed by atoms with Crippen LogP contribution >= 0.6 is 11.6 Å². The number of carbonyl (C=O) groups excluding carboxylic acids is 2. The van der Waals surface area contributed by atoms with E-state index in [1.807, 2.05) is 11.0 Å². The lowest BCUT2D eigenvalue weighted by atomic mass is 10.1. The topological polar surface area (TPSA) is 58.6 Å². The highest BCUT2D eigenvalue weighted by Gasteiger charge is 2.22. The van der Waals surface area contributed by atoms with E-state index in [4.69, 9.17) is 16.3 Å². The molecule has 6 heteroatoms. The summed E-state index contributed by atoms with van der Waals surface area (Å²) in [7, 11) is 0. The molecule has 0 bridgehead atoms. The number of benzene rings is 2. The molecule has 0 radical (unpaired) electrons. The fourth-order valence-electron chi connectivity index (χ4n) is 3.23. The van der Waals surface area contributed by atoms with E-state index < -0.39 is 6.10 Å². The van der Waals surface area contributed by atoms with E-state index in [9.17, 15) is 9.59 Å². The fraction of sp³-hybridized carbons (Fsp3) is 0.364. The molecule has 148 valence electrons. The lowest BCUT2D eigenvalue weighted by Crippen LogP contribution is -2.34. The Morgan fingerprint density at radius 1 is 1.00 bits per heavy atom. The molecule has 0 aliphatic carbocycles. The number of hydrogen-bond donors (Lipinski definition) is 1. The Labute approximate surface area is 170 Å².